The molecule has 0 radical (unpaired) electrons. The van der Waals surface area contributed by atoms with Gasteiger partial charge in [0.15, 0.2) is 5.78 Å². The van der Waals surface area contributed by atoms with Gasteiger partial charge in [0.2, 0.25) is 5.91 Å². The molecule has 1 amide bonds. The highest BCUT2D eigenvalue weighted by Gasteiger charge is 2.20. The van der Waals surface area contributed by atoms with Gasteiger partial charge in [-0.1, -0.05) is 29.0 Å². The van der Waals surface area contributed by atoms with Crippen LogP contribution in [0.4, 0.5) is 0 Å². The zero-order chi connectivity index (χ0) is 16.5. The number of carbonyl (C=O) groups is 2. The van der Waals surface area contributed by atoms with Gasteiger partial charge in [-0.05, 0) is 26.8 Å². The van der Waals surface area contributed by atoms with Crippen molar-refractivity contribution >= 4 is 11.7 Å². The number of hydrogen-bond donors (Lipinski definition) is 2. The molecule has 0 aromatic heterocycles. The molecule has 2 N–H and O–H groups in total. The molecule has 0 atom stereocenters. The maximum atomic E-state index is 12.6. The lowest BCUT2D eigenvalue weighted by Gasteiger charge is -2.06. The molecule has 22 heavy (non-hydrogen) atoms. The van der Waals surface area contributed by atoms with Crippen molar-refractivity contribution in [3.63, 3.8) is 0 Å². The molecule has 1 aliphatic heterocycles. The van der Waals surface area contributed by atoms with Crippen LogP contribution in [0.3, 0.4) is 0 Å². The normalized spacial score (nSPS) is 18.4. The van der Waals surface area contributed by atoms with Crippen LogP contribution >= 0.6 is 0 Å². The average Bonchev–Trinajstić information content (AvgIpc) is 2.58. The molecule has 0 aromatic carbocycles. The maximum absolute atomic E-state index is 12.6. The van der Waals surface area contributed by atoms with Crippen molar-refractivity contribution in [3.05, 3.63) is 46.8 Å². The second kappa shape index (κ2) is 8.71. The highest BCUT2D eigenvalue weighted by Crippen LogP contribution is 2.22. The summed E-state index contributed by atoms with van der Waals surface area (Å²) in [5, 5.41) is 2.83. The molecule has 0 saturated carbocycles. The molecule has 6 nitrogen and oxygen atoms in total. The maximum Gasteiger partial charge on any atom is 0.245 e. The third kappa shape index (κ3) is 5.12. The summed E-state index contributed by atoms with van der Waals surface area (Å²) in [5.74, 6) is 0.0746. The summed E-state index contributed by atoms with van der Waals surface area (Å²) < 4.78 is 5.55. The molecule has 0 bridgehead atoms. The zero-order valence-corrected chi connectivity index (χ0v) is 13.1. The molecule has 0 unspecified atom stereocenters. The van der Waals surface area contributed by atoms with E-state index < -0.39 is 5.91 Å². The van der Waals surface area contributed by atoms with E-state index in [4.69, 9.17) is 10.3 Å². The molecule has 1 aliphatic rings. The van der Waals surface area contributed by atoms with Gasteiger partial charge in [0.1, 0.15) is 5.76 Å². The second-order valence-electron chi connectivity index (χ2n) is 4.93. The van der Waals surface area contributed by atoms with Gasteiger partial charge in [0, 0.05) is 18.4 Å². The van der Waals surface area contributed by atoms with Crippen LogP contribution in [0.15, 0.2) is 52.0 Å². The summed E-state index contributed by atoms with van der Waals surface area (Å²) in [7, 11) is 0. The van der Waals surface area contributed by atoms with Crippen LogP contribution in [0.1, 0.15) is 33.6 Å². The van der Waals surface area contributed by atoms with Gasteiger partial charge in [0.05, 0.1) is 12.2 Å². The summed E-state index contributed by atoms with van der Waals surface area (Å²) in [6.45, 7) is 5.83. The van der Waals surface area contributed by atoms with E-state index in [2.05, 4.69) is 5.22 Å². The number of hydrogen-bond acceptors (Lipinski definition) is 5. The number of nitrogens with zero attached hydrogens (tertiary/aromatic N) is 1. The van der Waals surface area contributed by atoms with Crippen molar-refractivity contribution in [3.8, 4) is 0 Å². The summed E-state index contributed by atoms with van der Waals surface area (Å²) in [6.07, 6.45) is 7.76. The standard InChI is InChI=1S/C16H21N3O3/c1-4-5-6-13-7-8-22-12(3)14(16(13)21)9-11(2)10-15(20)18-19-17/h4-6,9H,7-8,10H2,1-3H3,(H2,17,18,20)/b5-4-,11-9+,13-6+. The van der Waals surface area contributed by atoms with E-state index in [-0.39, 0.29) is 12.2 Å². The minimum Gasteiger partial charge on any atom is -0.497 e. The quantitative estimate of drug-likeness (QED) is 0.464. The Kier molecular flexibility index (Phi) is 6.95. The molecule has 118 valence electrons. The number of nitrogens with one attached hydrogen (secondary N) is 2. The zero-order valence-electron chi connectivity index (χ0n) is 13.1. The van der Waals surface area contributed by atoms with Gasteiger partial charge in [-0.15, -0.1) is 0 Å². The van der Waals surface area contributed by atoms with Crippen LogP contribution in [0.5, 0.6) is 0 Å². The highest BCUT2D eigenvalue weighted by molar-refractivity contribution is 6.10. The number of ether oxygens (including phenoxy) is 1. The fourth-order valence-corrected chi connectivity index (χ4v) is 2.03. The third-order valence-electron chi connectivity index (χ3n) is 3.11. The van der Waals surface area contributed by atoms with Crippen molar-refractivity contribution in [2.45, 2.75) is 33.6 Å². The van der Waals surface area contributed by atoms with Gasteiger partial charge < -0.3 is 4.74 Å². The first-order chi connectivity index (χ1) is 10.5. The monoisotopic (exact) mass is 303 g/mol. The van der Waals surface area contributed by atoms with E-state index >= 15 is 0 Å². The Bertz CT molecular complexity index is 583. The third-order valence-corrected chi connectivity index (χ3v) is 3.11. The molecule has 6 heteroatoms. The highest BCUT2D eigenvalue weighted by atomic mass is 16.5. The SMILES string of the molecule is C/C=C\C=C1/CCOC(C)=C(/C=C(\C)CC(=O)NN=N)C1=O. The molecule has 0 fully saturated rings. The molecular formula is C16H21N3O3. The number of allylic oxidation sites excluding steroid dienone is 6. The van der Waals surface area contributed by atoms with Gasteiger partial charge in [0.25, 0.3) is 0 Å². The number of rotatable bonds is 5. The molecular weight excluding hydrogens is 282 g/mol. The summed E-state index contributed by atoms with van der Waals surface area (Å²) in [6, 6.07) is 0. The van der Waals surface area contributed by atoms with Crippen LogP contribution < -0.4 is 5.43 Å². The fraction of sp³-hybridized carbons (Fsp3) is 0.375. The van der Waals surface area contributed by atoms with Crippen molar-refractivity contribution in [1.82, 2.24) is 5.43 Å². The lowest BCUT2D eigenvalue weighted by Crippen LogP contribution is -2.16. The Hall–Kier alpha value is -2.50. The molecule has 0 spiro atoms. The topological polar surface area (TPSA) is 91.6 Å². The lowest BCUT2D eigenvalue weighted by molar-refractivity contribution is -0.120. The van der Waals surface area contributed by atoms with Gasteiger partial charge in [-0.3, -0.25) is 9.59 Å². The fourth-order valence-electron chi connectivity index (χ4n) is 2.03. The van der Waals surface area contributed by atoms with Crippen molar-refractivity contribution < 1.29 is 14.3 Å². The largest absolute Gasteiger partial charge is 0.497 e. The number of ketones is 1. The minimum atomic E-state index is -0.395. The van der Waals surface area contributed by atoms with Gasteiger partial charge >= 0.3 is 0 Å². The smallest absolute Gasteiger partial charge is 0.245 e. The predicted octanol–water partition coefficient (Wildman–Crippen LogP) is 3.15. The average molecular weight is 303 g/mol. The first-order valence-corrected chi connectivity index (χ1v) is 7.02. The van der Waals surface area contributed by atoms with Crippen molar-refractivity contribution in [1.29, 1.82) is 5.53 Å². The van der Waals surface area contributed by atoms with E-state index in [0.717, 1.165) is 0 Å². The van der Waals surface area contributed by atoms with Gasteiger partial charge in [-0.25, -0.2) is 5.43 Å². The van der Waals surface area contributed by atoms with E-state index in [0.29, 0.717) is 35.5 Å². The number of carbonyl (C=O) groups excluding carboxylic acids is 2. The first-order valence-electron chi connectivity index (χ1n) is 7.02. The van der Waals surface area contributed by atoms with Crippen LogP contribution in [0.25, 0.3) is 0 Å². The van der Waals surface area contributed by atoms with E-state index in [1.807, 2.05) is 24.5 Å². The van der Waals surface area contributed by atoms with Crippen LogP contribution in [-0.4, -0.2) is 18.3 Å². The number of Topliss-reactive ketones (excluding diaryl/α,β-unsaturated/α-hetero) is 1. The van der Waals surface area contributed by atoms with Crippen LogP contribution in [-0.2, 0) is 14.3 Å². The first kappa shape index (κ1) is 17.6. The van der Waals surface area contributed by atoms with Crippen molar-refractivity contribution in [2.75, 3.05) is 6.61 Å². The molecule has 0 saturated heterocycles. The van der Waals surface area contributed by atoms with E-state index in [1.165, 1.54) is 0 Å². The number of amides is 1. The Morgan fingerprint density at radius 2 is 2.23 bits per heavy atom. The minimum absolute atomic E-state index is 0.0698. The molecule has 1 heterocycles. The summed E-state index contributed by atoms with van der Waals surface area (Å²) >= 11 is 0. The Labute approximate surface area is 130 Å². The Balaban J connectivity index is 3.04. The second-order valence-corrected chi connectivity index (χ2v) is 4.93. The van der Waals surface area contributed by atoms with Gasteiger partial charge in [-0.2, -0.15) is 5.53 Å². The molecule has 0 aliphatic carbocycles. The summed E-state index contributed by atoms with van der Waals surface area (Å²) in [4.78, 5) is 24.0. The van der Waals surface area contributed by atoms with Crippen LogP contribution in [0.2, 0.25) is 0 Å². The van der Waals surface area contributed by atoms with E-state index in [9.17, 15) is 9.59 Å². The predicted molar refractivity (Wildman–Crippen MR) is 82.8 cm³/mol. The Morgan fingerprint density at radius 3 is 2.86 bits per heavy atom. The van der Waals surface area contributed by atoms with Crippen LogP contribution in [0, 0.1) is 5.53 Å². The lowest BCUT2D eigenvalue weighted by atomic mass is 9.98. The molecule has 1 rings (SSSR count). The molecule has 0 aromatic rings. The van der Waals surface area contributed by atoms with Crippen molar-refractivity contribution in [2.24, 2.45) is 5.22 Å². The Morgan fingerprint density at radius 1 is 1.50 bits per heavy atom. The summed E-state index contributed by atoms with van der Waals surface area (Å²) in [5.41, 5.74) is 10.5. The van der Waals surface area contributed by atoms with E-state index in [1.54, 1.807) is 26.0 Å².